The maximum absolute atomic E-state index is 14.1. The Hall–Kier alpha value is -2.46. The Morgan fingerprint density at radius 3 is 2.09 bits per heavy atom. The van der Waals surface area contributed by atoms with Crippen molar-refractivity contribution >= 4 is 23.6 Å². The Balaban J connectivity index is 2.20. The van der Waals surface area contributed by atoms with Crippen molar-refractivity contribution in [3.8, 4) is 0 Å². The van der Waals surface area contributed by atoms with Crippen molar-refractivity contribution in [2.24, 2.45) is 11.3 Å². The van der Waals surface area contributed by atoms with Crippen LogP contribution in [0.3, 0.4) is 0 Å². The first-order valence-corrected chi connectivity index (χ1v) is 17.4. The van der Waals surface area contributed by atoms with Crippen LogP contribution in [-0.2, 0) is 19.2 Å². The molecule has 2 fully saturated rings. The normalized spacial score (nSPS) is 21.3. The summed E-state index contributed by atoms with van der Waals surface area (Å²) in [6, 6.07) is -1.57. The Labute approximate surface area is 273 Å². The predicted octanol–water partition coefficient (Wildman–Crippen LogP) is 3.66. The number of nitrogens with one attached hydrogen (secondary N) is 2. The Bertz CT molecular complexity index is 1030. The number of amides is 4. The molecule has 0 saturated carbocycles. The lowest BCUT2D eigenvalue weighted by Crippen LogP contribution is -2.60. The van der Waals surface area contributed by atoms with Crippen LogP contribution in [0.25, 0.3) is 0 Å². The van der Waals surface area contributed by atoms with Crippen molar-refractivity contribution in [2.75, 3.05) is 46.3 Å². The highest BCUT2D eigenvalue weighted by atomic mass is 16.2. The van der Waals surface area contributed by atoms with Gasteiger partial charge in [0.25, 0.3) is 0 Å². The summed E-state index contributed by atoms with van der Waals surface area (Å²) >= 11 is 0. The summed E-state index contributed by atoms with van der Waals surface area (Å²) in [7, 11) is 1.76. The van der Waals surface area contributed by atoms with Crippen LogP contribution in [-0.4, -0.2) is 120 Å². The van der Waals surface area contributed by atoms with E-state index in [0.29, 0.717) is 25.1 Å². The number of piperidine rings is 1. The van der Waals surface area contributed by atoms with Gasteiger partial charge >= 0.3 is 0 Å². The van der Waals surface area contributed by atoms with Crippen LogP contribution in [0.4, 0.5) is 0 Å². The summed E-state index contributed by atoms with van der Waals surface area (Å²) in [5.41, 5.74) is -0.00196. The van der Waals surface area contributed by atoms with E-state index in [2.05, 4.69) is 48.1 Å². The number of carbonyl (C=O) groups is 4. The number of carbonyl (C=O) groups excluding carboxylic acids is 4. The number of likely N-dealkylation sites (tertiary alicyclic amines) is 2. The largest absolute Gasteiger partial charge is 0.353 e. The van der Waals surface area contributed by atoms with Crippen LogP contribution in [0, 0.1) is 11.3 Å². The molecule has 2 N–H and O–H groups in total. The zero-order chi connectivity index (χ0) is 34.1. The highest BCUT2D eigenvalue weighted by Crippen LogP contribution is 2.27. The lowest BCUT2D eigenvalue weighted by atomic mass is 9.84. The molecule has 0 spiro atoms. The van der Waals surface area contributed by atoms with Crippen LogP contribution in [0.5, 0.6) is 0 Å². The van der Waals surface area contributed by atoms with Crippen LogP contribution >= 0.6 is 0 Å². The maximum atomic E-state index is 14.1. The second-order valence-corrected chi connectivity index (χ2v) is 14.7. The van der Waals surface area contributed by atoms with E-state index in [1.807, 2.05) is 40.7 Å². The molecule has 2 saturated heterocycles. The molecule has 2 aliphatic heterocycles. The molecular formula is C35H64N6O4. The van der Waals surface area contributed by atoms with Gasteiger partial charge in [0.05, 0.1) is 12.1 Å². The molecule has 2 heterocycles. The zero-order valence-electron chi connectivity index (χ0n) is 30.2. The van der Waals surface area contributed by atoms with Gasteiger partial charge in [-0.3, -0.25) is 24.1 Å². The van der Waals surface area contributed by atoms with E-state index < -0.39 is 17.5 Å². The quantitative estimate of drug-likeness (QED) is 0.284. The molecule has 4 atom stereocenters. The molecule has 0 aromatic carbocycles. The fourth-order valence-electron chi connectivity index (χ4n) is 6.67. The lowest BCUT2D eigenvalue weighted by Gasteiger charge is -2.41. The third-order valence-corrected chi connectivity index (χ3v) is 9.58. The smallest absolute Gasteiger partial charge is 0.249 e. The van der Waals surface area contributed by atoms with E-state index in [-0.39, 0.29) is 47.7 Å². The Kier molecular flexibility index (Phi) is 15.0. The van der Waals surface area contributed by atoms with Crippen LogP contribution < -0.4 is 10.6 Å². The Morgan fingerprint density at radius 1 is 0.911 bits per heavy atom. The predicted molar refractivity (Wildman–Crippen MR) is 182 cm³/mol. The van der Waals surface area contributed by atoms with Crippen LogP contribution in [0.15, 0.2) is 11.6 Å². The number of rotatable bonds is 14. The maximum Gasteiger partial charge on any atom is 0.249 e. The van der Waals surface area contributed by atoms with E-state index in [0.717, 1.165) is 51.9 Å². The molecule has 0 aliphatic carbocycles. The molecular weight excluding hydrogens is 568 g/mol. The first kappa shape index (κ1) is 38.7. The summed E-state index contributed by atoms with van der Waals surface area (Å²) in [4.78, 5) is 62.3. The molecule has 258 valence electrons. The third kappa shape index (κ3) is 10.5. The highest BCUT2D eigenvalue weighted by Gasteiger charge is 2.40. The van der Waals surface area contributed by atoms with Gasteiger partial charge < -0.3 is 25.3 Å². The molecule has 10 nitrogen and oxygen atoms in total. The fraction of sp³-hybridized carbons (Fsp3) is 0.829. The van der Waals surface area contributed by atoms with Gasteiger partial charge in [-0.2, -0.15) is 0 Å². The SMILES string of the molecule is CCN(CC)CCNC(=O)[C@@H]1CCCN1C(=O)/C(C)=C/C(C(C)C)N(C)C(=O)[C@@H](NC(=O)[C@H]1CCCCN1C(C)C)C(C)(C)C. The molecule has 45 heavy (non-hydrogen) atoms. The van der Waals surface area contributed by atoms with Gasteiger partial charge in [0, 0.05) is 38.3 Å². The standard InChI is InChI=1S/C35H64N6O4/c1-12-39(13-2)22-19-36-31(42)27-18-16-21-41(27)33(44)26(7)23-29(24(3)4)38(11)34(45)30(35(8,9)10)37-32(43)28-17-14-15-20-40(28)25(5)6/h23-25,27-30H,12-22H2,1-11H3,(H,36,42)(H,37,43)/b26-23+/t27-,28+,29?,30+/m0/s1. The van der Waals surface area contributed by atoms with Gasteiger partial charge in [0.2, 0.25) is 23.6 Å². The van der Waals surface area contributed by atoms with Crippen LogP contribution in [0.1, 0.15) is 101 Å². The van der Waals surface area contributed by atoms with E-state index in [4.69, 9.17) is 0 Å². The summed E-state index contributed by atoms with van der Waals surface area (Å²) in [6.07, 6.45) is 6.15. The van der Waals surface area contributed by atoms with E-state index in [1.165, 1.54) is 0 Å². The monoisotopic (exact) mass is 632 g/mol. The average molecular weight is 633 g/mol. The van der Waals surface area contributed by atoms with Crippen LogP contribution in [0.2, 0.25) is 0 Å². The molecule has 2 rings (SSSR count). The van der Waals surface area contributed by atoms with Gasteiger partial charge in [-0.15, -0.1) is 0 Å². The second kappa shape index (κ2) is 17.5. The summed E-state index contributed by atoms with van der Waals surface area (Å²) < 4.78 is 0. The summed E-state index contributed by atoms with van der Waals surface area (Å²) in [6.45, 7) is 24.8. The number of likely N-dealkylation sites (N-methyl/N-ethyl adjacent to an activating group) is 2. The van der Waals surface area contributed by atoms with Crippen molar-refractivity contribution in [2.45, 2.75) is 132 Å². The molecule has 10 heteroatoms. The fourth-order valence-corrected chi connectivity index (χ4v) is 6.67. The first-order valence-electron chi connectivity index (χ1n) is 17.4. The Morgan fingerprint density at radius 2 is 1.53 bits per heavy atom. The molecule has 0 bridgehead atoms. The second-order valence-electron chi connectivity index (χ2n) is 14.7. The molecule has 4 amide bonds. The van der Waals surface area contributed by atoms with Crippen molar-refractivity contribution in [1.29, 1.82) is 0 Å². The van der Waals surface area contributed by atoms with Crippen molar-refractivity contribution < 1.29 is 19.2 Å². The zero-order valence-corrected chi connectivity index (χ0v) is 30.2. The molecule has 2 aliphatic rings. The van der Waals surface area contributed by atoms with Gasteiger partial charge in [-0.1, -0.05) is 61.0 Å². The number of hydrogen-bond donors (Lipinski definition) is 2. The first-order chi connectivity index (χ1) is 21.0. The lowest BCUT2D eigenvalue weighted by molar-refractivity contribution is -0.142. The average Bonchev–Trinajstić information content (AvgIpc) is 3.48. The third-order valence-electron chi connectivity index (χ3n) is 9.58. The van der Waals surface area contributed by atoms with Gasteiger partial charge in [0.1, 0.15) is 12.1 Å². The molecule has 0 aromatic rings. The molecule has 0 radical (unpaired) electrons. The topological polar surface area (TPSA) is 105 Å². The highest BCUT2D eigenvalue weighted by molar-refractivity contribution is 5.97. The van der Waals surface area contributed by atoms with Crippen molar-refractivity contribution in [1.82, 2.24) is 30.2 Å². The minimum atomic E-state index is -0.723. The molecule has 1 unspecified atom stereocenters. The summed E-state index contributed by atoms with van der Waals surface area (Å²) in [5, 5.41) is 6.17. The van der Waals surface area contributed by atoms with Crippen molar-refractivity contribution in [3.05, 3.63) is 11.6 Å². The van der Waals surface area contributed by atoms with Gasteiger partial charge in [-0.05, 0) is 77.4 Å². The van der Waals surface area contributed by atoms with E-state index in [1.54, 1.807) is 23.8 Å². The number of nitrogens with zero attached hydrogens (tertiary/aromatic N) is 4. The van der Waals surface area contributed by atoms with E-state index in [9.17, 15) is 19.2 Å². The minimum absolute atomic E-state index is 0.0190. The van der Waals surface area contributed by atoms with Gasteiger partial charge in [-0.25, -0.2) is 0 Å². The van der Waals surface area contributed by atoms with Crippen molar-refractivity contribution in [3.63, 3.8) is 0 Å². The van der Waals surface area contributed by atoms with Gasteiger partial charge in [0.15, 0.2) is 0 Å². The number of hydrogen-bond acceptors (Lipinski definition) is 6. The van der Waals surface area contributed by atoms with E-state index >= 15 is 0 Å². The minimum Gasteiger partial charge on any atom is -0.353 e. The summed E-state index contributed by atoms with van der Waals surface area (Å²) in [5.74, 6) is -0.528. The molecule has 0 aromatic heterocycles.